The Labute approximate surface area is 143 Å². The van der Waals surface area contributed by atoms with Crippen molar-refractivity contribution in [2.45, 2.75) is 18.9 Å². The van der Waals surface area contributed by atoms with Crippen LogP contribution in [0.5, 0.6) is 5.75 Å². The normalized spacial score (nSPS) is 20.8. The van der Waals surface area contributed by atoms with Gasteiger partial charge in [0, 0.05) is 12.1 Å². The van der Waals surface area contributed by atoms with Gasteiger partial charge in [0.25, 0.3) is 11.8 Å². The predicted molar refractivity (Wildman–Crippen MR) is 86.8 cm³/mol. The molecule has 6 N–H and O–H groups in total. The molecule has 0 saturated carbocycles. The quantitative estimate of drug-likeness (QED) is 0.331. The summed E-state index contributed by atoms with van der Waals surface area (Å²) >= 11 is 0. The third-order valence-corrected chi connectivity index (χ3v) is 6.54. The van der Waals surface area contributed by atoms with Crippen LogP contribution in [0.1, 0.15) is 23.2 Å². The minimum absolute atomic E-state index is 0.0307. The van der Waals surface area contributed by atoms with Crippen molar-refractivity contribution < 1.29 is 32.2 Å². The Morgan fingerprint density at radius 2 is 1.92 bits per heavy atom. The second-order valence-electron chi connectivity index (χ2n) is 5.37. The van der Waals surface area contributed by atoms with E-state index in [2.05, 4.69) is 5.32 Å². The van der Waals surface area contributed by atoms with Crippen LogP contribution in [-0.2, 0) is 19.7 Å². The lowest BCUT2D eigenvalue weighted by Gasteiger charge is -2.35. The molecule has 0 aliphatic carbocycles. The molecule has 1 heterocycles. The van der Waals surface area contributed by atoms with Crippen LogP contribution in [-0.4, -0.2) is 47.1 Å². The molecule has 1 aliphatic heterocycles. The van der Waals surface area contributed by atoms with Gasteiger partial charge in [-0.1, -0.05) is 0 Å². The van der Waals surface area contributed by atoms with E-state index in [1.807, 2.05) is 0 Å². The van der Waals surface area contributed by atoms with Gasteiger partial charge in [-0.2, -0.15) is 8.42 Å². The van der Waals surface area contributed by atoms with Crippen molar-refractivity contribution in [2.24, 2.45) is 5.50 Å². The Balaban J connectivity index is 2.12. The molecule has 0 radical (unpaired) electrons. The number of amides is 2. The molecule has 1 unspecified atom stereocenters. The van der Waals surface area contributed by atoms with E-state index >= 15 is 0 Å². The number of nitrogens with two attached hydrogens (primary N) is 1. The van der Waals surface area contributed by atoms with Gasteiger partial charge in [0.15, 0.2) is 0 Å². The molecule has 2 atom stereocenters. The first-order valence-electron chi connectivity index (χ1n) is 7.06. The molecule has 0 bridgehead atoms. The number of carbonyl (C=O) groups excluding carboxylic acids is 2. The van der Waals surface area contributed by atoms with Crippen molar-refractivity contribution >= 4 is 29.7 Å². The SMILES string of the molecule is NP(=O)(NS(=O)(=O)O)N1CCC[C@H](NC(=O)c2ccc(O)cc2)C1=O. The lowest BCUT2D eigenvalue weighted by atomic mass is 10.1. The summed E-state index contributed by atoms with van der Waals surface area (Å²) in [4.78, 5) is 24.5. The largest absolute Gasteiger partial charge is 0.508 e. The van der Waals surface area contributed by atoms with Gasteiger partial charge in [-0.3, -0.25) is 28.9 Å². The summed E-state index contributed by atoms with van der Waals surface area (Å²) in [7, 11) is -9.28. The van der Waals surface area contributed by atoms with Crippen LogP contribution in [0.3, 0.4) is 0 Å². The summed E-state index contributed by atoms with van der Waals surface area (Å²) in [5.74, 6) is -1.47. The van der Waals surface area contributed by atoms with E-state index in [0.717, 1.165) is 0 Å². The minimum atomic E-state index is -4.89. The Hall–Kier alpha value is -1.98. The number of carbonyl (C=O) groups is 2. The highest BCUT2D eigenvalue weighted by molar-refractivity contribution is 7.90. The van der Waals surface area contributed by atoms with Crippen molar-refractivity contribution in [3.63, 3.8) is 0 Å². The Kier molecular flexibility index (Phi) is 5.49. The Bertz CT molecular complexity index is 826. The highest BCUT2D eigenvalue weighted by Crippen LogP contribution is 2.40. The fourth-order valence-corrected chi connectivity index (χ4v) is 4.94. The number of nitrogens with zero attached hydrogens (tertiary/aromatic N) is 1. The predicted octanol–water partition coefficient (Wildman–Crippen LogP) is -0.428. The van der Waals surface area contributed by atoms with Gasteiger partial charge in [-0.25, -0.2) is 0 Å². The number of piperidine rings is 1. The fourth-order valence-electron chi connectivity index (χ4n) is 2.36. The van der Waals surface area contributed by atoms with Crippen molar-refractivity contribution in [3.05, 3.63) is 29.8 Å². The fraction of sp³-hybridized carbons (Fsp3) is 0.333. The van der Waals surface area contributed by atoms with E-state index in [0.29, 0.717) is 11.1 Å². The average Bonchev–Trinajstić information content (AvgIpc) is 2.47. The number of phenols is 1. The van der Waals surface area contributed by atoms with Crippen molar-refractivity contribution in [1.29, 1.82) is 0 Å². The molecular weight excluding hydrogens is 375 g/mol. The number of nitrogens with one attached hydrogen (secondary N) is 2. The van der Waals surface area contributed by atoms with Crippen LogP contribution in [0.25, 0.3) is 0 Å². The summed E-state index contributed by atoms with van der Waals surface area (Å²) in [6.45, 7) is -0.0965. The summed E-state index contributed by atoms with van der Waals surface area (Å²) in [5.41, 5.74) is 5.55. The van der Waals surface area contributed by atoms with Gasteiger partial charge >= 0.3 is 17.9 Å². The maximum Gasteiger partial charge on any atom is 0.341 e. The number of aromatic hydroxyl groups is 1. The number of hydrogen-bond donors (Lipinski definition) is 5. The third kappa shape index (κ3) is 5.00. The van der Waals surface area contributed by atoms with Gasteiger partial charge in [0.2, 0.25) is 0 Å². The molecule has 1 aromatic carbocycles. The number of phenolic OH excluding ortho intramolecular Hbond substituents is 1. The Morgan fingerprint density at radius 3 is 2.48 bits per heavy atom. The first-order chi connectivity index (χ1) is 11.5. The highest BCUT2D eigenvalue weighted by atomic mass is 32.2. The van der Waals surface area contributed by atoms with Crippen LogP contribution in [0.15, 0.2) is 24.3 Å². The third-order valence-electron chi connectivity index (χ3n) is 3.45. The zero-order chi connectivity index (χ0) is 18.8. The van der Waals surface area contributed by atoms with E-state index in [4.69, 9.17) is 10.1 Å². The molecule has 138 valence electrons. The van der Waals surface area contributed by atoms with Crippen LogP contribution in [0.2, 0.25) is 0 Å². The first-order valence-corrected chi connectivity index (χ1v) is 10.2. The molecule has 1 aromatic rings. The molecular formula is C12H17N4O7PS. The molecule has 1 aliphatic rings. The minimum Gasteiger partial charge on any atom is -0.508 e. The molecule has 11 nitrogen and oxygen atoms in total. The Morgan fingerprint density at radius 1 is 1.32 bits per heavy atom. The molecule has 2 rings (SSSR count). The maximum atomic E-state index is 12.4. The summed E-state index contributed by atoms with van der Waals surface area (Å²) < 4.78 is 44.6. The zero-order valence-electron chi connectivity index (χ0n) is 12.8. The summed E-state index contributed by atoms with van der Waals surface area (Å²) in [6.07, 6.45) is 0.547. The second kappa shape index (κ2) is 7.10. The van der Waals surface area contributed by atoms with E-state index in [1.165, 1.54) is 28.8 Å². The molecule has 0 aromatic heterocycles. The van der Waals surface area contributed by atoms with Gasteiger partial charge in [0.1, 0.15) is 11.8 Å². The van der Waals surface area contributed by atoms with Crippen molar-refractivity contribution in [3.8, 4) is 5.75 Å². The molecule has 1 fully saturated rings. The number of rotatable bonds is 5. The van der Waals surface area contributed by atoms with Gasteiger partial charge in [-0.05, 0) is 37.1 Å². The van der Waals surface area contributed by atoms with Gasteiger partial charge < -0.3 is 10.4 Å². The lowest BCUT2D eigenvalue weighted by Crippen LogP contribution is -2.53. The first kappa shape index (κ1) is 19.3. The second-order valence-corrected chi connectivity index (χ2v) is 8.77. The topological polar surface area (TPSA) is 179 Å². The molecule has 1 saturated heterocycles. The van der Waals surface area contributed by atoms with Gasteiger partial charge in [-0.15, -0.1) is 4.49 Å². The molecule has 25 heavy (non-hydrogen) atoms. The lowest BCUT2D eigenvalue weighted by molar-refractivity contribution is -0.130. The van der Waals surface area contributed by atoms with Crippen LogP contribution >= 0.6 is 7.59 Å². The van der Waals surface area contributed by atoms with E-state index in [9.17, 15) is 27.7 Å². The molecule has 0 spiro atoms. The van der Waals surface area contributed by atoms with Crippen molar-refractivity contribution in [2.75, 3.05) is 6.54 Å². The van der Waals surface area contributed by atoms with Crippen LogP contribution in [0.4, 0.5) is 0 Å². The van der Waals surface area contributed by atoms with Crippen LogP contribution < -0.4 is 15.3 Å². The summed E-state index contributed by atoms with van der Waals surface area (Å²) in [5, 5.41) is 11.6. The van der Waals surface area contributed by atoms with E-state index in [-0.39, 0.29) is 24.3 Å². The van der Waals surface area contributed by atoms with Crippen LogP contribution in [0, 0.1) is 0 Å². The van der Waals surface area contributed by atoms with E-state index in [1.54, 1.807) is 0 Å². The van der Waals surface area contributed by atoms with Gasteiger partial charge in [0.05, 0.1) is 0 Å². The maximum absolute atomic E-state index is 12.4. The smallest absolute Gasteiger partial charge is 0.341 e. The summed E-state index contributed by atoms with van der Waals surface area (Å²) in [6, 6.07) is 4.24. The zero-order valence-corrected chi connectivity index (χ0v) is 14.5. The van der Waals surface area contributed by atoms with Crippen molar-refractivity contribution in [1.82, 2.24) is 14.5 Å². The molecule has 13 heteroatoms. The average molecular weight is 392 g/mol. The monoisotopic (exact) mass is 392 g/mol. The molecule has 2 amide bonds. The standard InChI is InChI=1S/C12H17N4O7PS/c13-24(20,15-25(21,22)23)16-7-1-2-10(12(16)19)14-11(18)8-3-5-9(17)6-4-8/h3-6,10,17H,1-2,7H2,(H,14,18)(H3,13,15,20)(H,21,22,23)/t10-,24?/m0/s1. The number of benzene rings is 1. The highest BCUT2D eigenvalue weighted by Gasteiger charge is 2.40. The number of hydrogen-bond acceptors (Lipinski definition) is 6. The van der Waals surface area contributed by atoms with E-state index < -0.39 is 35.8 Å².